The summed E-state index contributed by atoms with van der Waals surface area (Å²) < 4.78 is 25.9. The van der Waals surface area contributed by atoms with Crippen molar-refractivity contribution in [3.8, 4) is 0 Å². The minimum atomic E-state index is -3.15. The molecular weight excluding hydrogens is 236 g/mol. The van der Waals surface area contributed by atoms with E-state index in [0.29, 0.717) is 13.1 Å². The number of hydrogen-bond donors (Lipinski definition) is 0. The molecule has 0 N–H and O–H groups in total. The zero-order chi connectivity index (χ0) is 12.3. The van der Waals surface area contributed by atoms with Crippen LogP contribution in [0.15, 0.2) is 30.3 Å². The van der Waals surface area contributed by atoms with Gasteiger partial charge in [0.05, 0.1) is 5.75 Å². The van der Waals surface area contributed by atoms with Crippen molar-refractivity contribution in [3.05, 3.63) is 35.9 Å². The van der Waals surface area contributed by atoms with Gasteiger partial charge in [-0.2, -0.15) is 4.31 Å². The van der Waals surface area contributed by atoms with Crippen molar-refractivity contribution in [3.63, 3.8) is 0 Å². The molecule has 0 amide bonds. The van der Waals surface area contributed by atoms with Crippen molar-refractivity contribution < 1.29 is 8.42 Å². The molecule has 2 rings (SSSR count). The van der Waals surface area contributed by atoms with Gasteiger partial charge in [-0.3, -0.25) is 0 Å². The first-order valence-electron chi connectivity index (χ1n) is 5.78. The Morgan fingerprint density at radius 1 is 1.06 bits per heavy atom. The molecule has 0 bridgehead atoms. The molecule has 0 aliphatic carbocycles. The molecule has 1 heterocycles. The van der Waals surface area contributed by atoms with E-state index in [1.54, 1.807) is 4.31 Å². The molecule has 1 aromatic rings. The van der Waals surface area contributed by atoms with Gasteiger partial charge in [0.2, 0.25) is 10.0 Å². The van der Waals surface area contributed by atoms with Crippen LogP contribution in [0.2, 0.25) is 0 Å². The van der Waals surface area contributed by atoms with Crippen LogP contribution in [0, 0.1) is 0 Å². The molecule has 0 saturated carbocycles. The van der Waals surface area contributed by atoms with E-state index in [0.717, 1.165) is 18.7 Å². The molecule has 4 nitrogen and oxygen atoms in total. The van der Waals surface area contributed by atoms with Gasteiger partial charge in [-0.25, -0.2) is 8.42 Å². The average molecular weight is 254 g/mol. The van der Waals surface area contributed by atoms with Gasteiger partial charge in [0.1, 0.15) is 0 Å². The van der Waals surface area contributed by atoms with Gasteiger partial charge in [0, 0.05) is 26.2 Å². The lowest BCUT2D eigenvalue weighted by Gasteiger charge is -2.31. The highest BCUT2D eigenvalue weighted by atomic mass is 32.2. The fourth-order valence-corrected chi connectivity index (χ4v) is 3.46. The van der Waals surface area contributed by atoms with Gasteiger partial charge in [0.15, 0.2) is 0 Å². The van der Waals surface area contributed by atoms with Crippen molar-refractivity contribution in [2.45, 2.75) is 5.75 Å². The predicted molar refractivity (Wildman–Crippen MR) is 68.1 cm³/mol. The summed E-state index contributed by atoms with van der Waals surface area (Å²) in [6.07, 6.45) is 0. The lowest BCUT2D eigenvalue weighted by Crippen LogP contribution is -2.47. The molecule has 0 unspecified atom stereocenters. The summed E-state index contributed by atoms with van der Waals surface area (Å²) in [5.41, 5.74) is 0.853. The molecule has 1 aliphatic rings. The predicted octanol–water partition coefficient (Wildman–Crippen LogP) is 0.764. The largest absolute Gasteiger partial charge is 0.304 e. The number of rotatable bonds is 3. The van der Waals surface area contributed by atoms with E-state index in [1.165, 1.54) is 0 Å². The SMILES string of the molecule is CN1CCN(S(=O)(=O)Cc2ccccc2)CC1. The summed E-state index contributed by atoms with van der Waals surface area (Å²) in [6, 6.07) is 9.34. The lowest BCUT2D eigenvalue weighted by atomic mass is 10.2. The monoisotopic (exact) mass is 254 g/mol. The molecule has 0 radical (unpaired) electrons. The molecule has 0 atom stereocenters. The Morgan fingerprint density at radius 2 is 1.65 bits per heavy atom. The second-order valence-corrected chi connectivity index (χ2v) is 6.41. The van der Waals surface area contributed by atoms with Crippen LogP contribution in [-0.2, 0) is 15.8 Å². The molecule has 17 heavy (non-hydrogen) atoms. The van der Waals surface area contributed by atoms with Gasteiger partial charge >= 0.3 is 0 Å². The molecule has 94 valence electrons. The molecule has 0 spiro atoms. The third-order valence-corrected chi connectivity index (χ3v) is 4.90. The highest BCUT2D eigenvalue weighted by Crippen LogP contribution is 2.12. The van der Waals surface area contributed by atoms with Gasteiger partial charge in [-0.05, 0) is 12.6 Å². The Hall–Kier alpha value is -0.910. The summed E-state index contributed by atoms with van der Waals surface area (Å²) in [6.45, 7) is 2.83. The molecule has 1 aromatic carbocycles. The maximum absolute atomic E-state index is 12.2. The van der Waals surface area contributed by atoms with Crippen LogP contribution in [0.1, 0.15) is 5.56 Å². The summed E-state index contributed by atoms with van der Waals surface area (Å²) in [7, 11) is -1.14. The van der Waals surface area contributed by atoms with Crippen LogP contribution in [0.25, 0.3) is 0 Å². The van der Waals surface area contributed by atoms with Crippen molar-refractivity contribution in [2.75, 3.05) is 33.2 Å². The first-order valence-corrected chi connectivity index (χ1v) is 7.39. The van der Waals surface area contributed by atoms with Crippen molar-refractivity contribution in [2.24, 2.45) is 0 Å². The second-order valence-electron chi connectivity index (χ2n) is 4.44. The lowest BCUT2D eigenvalue weighted by molar-refractivity contribution is 0.222. The highest BCUT2D eigenvalue weighted by molar-refractivity contribution is 7.88. The van der Waals surface area contributed by atoms with E-state index >= 15 is 0 Å². The zero-order valence-corrected chi connectivity index (χ0v) is 10.9. The Morgan fingerprint density at radius 3 is 2.24 bits per heavy atom. The van der Waals surface area contributed by atoms with E-state index in [4.69, 9.17) is 0 Å². The Kier molecular flexibility index (Phi) is 3.81. The van der Waals surface area contributed by atoms with Crippen LogP contribution in [-0.4, -0.2) is 50.8 Å². The minimum absolute atomic E-state index is 0.109. The number of hydrogen-bond acceptors (Lipinski definition) is 3. The van der Waals surface area contributed by atoms with E-state index in [1.807, 2.05) is 37.4 Å². The molecular formula is C12H18N2O2S. The molecule has 5 heteroatoms. The second kappa shape index (κ2) is 5.16. The standard InChI is InChI=1S/C12H18N2O2S/c1-13-7-9-14(10-8-13)17(15,16)11-12-5-3-2-4-6-12/h2-6H,7-11H2,1H3. The number of sulfonamides is 1. The smallest absolute Gasteiger partial charge is 0.218 e. The van der Waals surface area contributed by atoms with E-state index < -0.39 is 10.0 Å². The third-order valence-electron chi connectivity index (χ3n) is 3.05. The fourth-order valence-electron chi connectivity index (χ4n) is 1.94. The van der Waals surface area contributed by atoms with Gasteiger partial charge in [0.25, 0.3) is 0 Å². The first-order chi connectivity index (χ1) is 8.08. The Bertz CT molecular complexity index is 451. The third kappa shape index (κ3) is 3.28. The average Bonchev–Trinajstić information content (AvgIpc) is 2.30. The van der Waals surface area contributed by atoms with Gasteiger partial charge < -0.3 is 4.90 Å². The van der Waals surface area contributed by atoms with E-state index in [-0.39, 0.29) is 5.75 Å². The van der Waals surface area contributed by atoms with Gasteiger partial charge in [-0.1, -0.05) is 30.3 Å². The van der Waals surface area contributed by atoms with Crippen molar-refractivity contribution in [1.29, 1.82) is 0 Å². The van der Waals surface area contributed by atoms with Crippen LogP contribution < -0.4 is 0 Å². The van der Waals surface area contributed by atoms with Crippen LogP contribution in [0.5, 0.6) is 0 Å². The van der Waals surface area contributed by atoms with E-state index in [9.17, 15) is 8.42 Å². The summed E-state index contributed by atoms with van der Waals surface area (Å²) in [5, 5.41) is 0. The summed E-state index contributed by atoms with van der Waals surface area (Å²) in [4.78, 5) is 2.15. The topological polar surface area (TPSA) is 40.6 Å². The van der Waals surface area contributed by atoms with E-state index in [2.05, 4.69) is 4.90 Å². The zero-order valence-electron chi connectivity index (χ0n) is 10.0. The van der Waals surface area contributed by atoms with Crippen LogP contribution in [0.4, 0.5) is 0 Å². The molecule has 1 saturated heterocycles. The number of benzene rings is 1. The highest BCUT2D eigenvalue weighted by Gasteiger charge is 2.25. The summed E-state index contributed by atoms with van der Waals surface area (Å²) >= 11 is 0. The van der Waals surface area contributed by atoms with Gasteiger partial charge in [-0.15, -0.1) is 0 Å². The normalized spacial score (nSPS) is 19.4. The molecule has 0 aromatic heterocycles. The Labute approximate surface area is 103 Å². The van der Waals surface area contributed by atoms with Crippen molar-refractivity contribution in [1.82, 2.24) is 9.21 Å². The van der Waals surface area contributed by atoms with Crippen LogP contribution in [0.3, 0.4) is 0 Å². The fraction of sp³-hybridized carbons (Fsp3) is 0.500. The Balaban J connectivity index is 2.04. The quantitative estimate of drug-likeness (QED) is 0.800. The number of piperazine rings is 1. The first kappa shape index (κ1) is 12.5. The number of nitrogens with zero attached hydrogens (tertiary/aromatic N) is 2. The molecule has 1 fully saturated rings. The molecule has 1 aliphatic heterocycles. The number of likely N-dealkylation sites (N-methyl/N-ethyl adjacent to an activating group) is 1. The maximum Gasteiger partial charge on any atom is 0.218 e. The van der Waals surface area contributed by atoms with Crippen molar-refractivity contribution >= 4 is 10.0 Å². The maximum atomic E-state index is 12.2. The minimum Gasteiger partial charge on any atom is -0.304 e. The summed E-state index contributed by atoms with van der Waals surface area (Å²) in [5.74, 6) is 0.109. The van der Waals surface area contributed by atoms with Crippen LogP contribution >= 0.6 is 0 Å².